The predicted octanol–water partition coefficient (Wildman–Crippen LogP) is 2.68. The van der Waals surface area contributed by atoms with E-state index in [1.165, 1.54) is 13.8 Å². The standard InChI is InChI=1S/C21H25ClFN7O/c1-12-4-5-13(18(27-12)19(24)21(2,3)23)9-30-11-25-14-10-29(7-6-15(14)30)16-8-26-28-20(31)17(16)22/h4-5,8,11,19H,6-7,9-10,24H2,1-3H3,(H,28,31)/t19-/m0/s1. The molecule has 0 bridgehead atoms. The van der Waals surface area contributed by atoms with E-state index in [-0.39, 0.29) is 5.02 Å². The van der Waals surface area contributed by atoms with Crippen LogP contribution in [0.4, 0.5) is 10.1 Å². The van der Waals surface area contributed by atoms with Crippen molar-refractivity contribution in [2.24, 2.45) is 5.73 Å². The highest BCUT2D eigenvalue weighted by Crippen LogP contribution is 2.30. The molecular weight excluding hydrogens is 421 g/mol. The van der Waals surface area contributed by atoms with Gasteiger partial charge >= 0.3 is 0 Å². The van der Waals surface area contributed by atoms with Gasteiger partial charge < -0.3 is 15.2 Å². The van der Waals surface area contributed by atoms with E-state index in [2.05, 4.69) is 24.7 Å². The summed E-state index contributed by atoms with van der Waals surface area (Å²) in [4.78, 5) is 22.9. The van der Waals surface area contributed by atoms with Crippen LogP contribution < -0.4 is 16.2 Å². The summed E-state index contributed by atoms with van der Waals surface area (Å²) >= 11 is 6.16. The molecule has 0 fully saturated rings. The van der Waals surface area contributed by atoms with Crippen LogP contribution in [0, 0.1) is 6.92 Å². The second kappa shape index (κ2) is 8.05. The minimum absolute atomic E-state index is 0.121. The van der Waals surface area contributed by atoms with Crippen molar-refractivity contribution in [3.05, 3.63) is 68.4 Å². The number of imidazole rings is 1. The molecule has 0 radical (unpaired) electrons. The Morgan fingerprint density at radius 3 is 2.90 bits per heavy atom. The minimum atomic E-state index is -1.59. The Labute approximate surface area is 184 Å². The van der Waals surface area contributed by atoms with E-state index in [4.69, 9.17) is 17.3 Å². The Morgan fingerprint density at radius 1 is 1.39 bits per heavy atom. The number of hydrogen-bond acceptors (Lipinski definition) is 6. The summed E-state index contributed by atoms with van der Waals surface area (Å²) in [6.45, 7) is 6.49. The van der Waals surface area contributed by atoms with E-state index < -0.39 is 17.3 Å². The molecule has 0 saturated carbocycles. The highest BCUT2D eigenvalue weighted by molar-refractivity contribution is 6.32. The summed E-state index contributed by atoms with van der Waals surface area (Å²) < 4.78 is 16.6. The molecule has 0 aromatic carbocycles. The molecule has 0 unspecified atom stereocenters. The SMILES string of the molecule is Cc1ccc(Cn2cnc3c2CCN(c2cn[nH]c(=O)c2Cl)C3)c([C@H](N)C(C)(C)F)n1. The van der Waals surface area contributed by atoms with Crippen LogP contribution in [-0.4, -0.2) is 36.9 Å². The maximum Gasteiger partial charge on any atom is 0.285 e. The molecule has 3 N–H and O–H groups in total. The summed E-state index contributed by atoms with van der Waals surface area (Å²) in [5.74, 6) is 0. The molecule has 1 aliphatic rings. The van der Waals surface area contributed by atoms with E-state index in [0.29, 0.717) is 37.4 Å². The molecule has 1 atom stereocenters. The van der Waals surface area contributed by atoms with Gasteiger partial charge in [-0.25, -0.2) is 14.5 Å². The highest BCUT2D eigenvalue weighted by Gasteiger charge is 2.31. The Bertz CT molecular complexity index is 1170. The molecule has 3 aromatic heterocycles. The molecule has 0 saturated heterocycles. The summed E-state index contributed by atoms with van der Waals surface area (Å²) in [5, 5.41) is 6.30. The van der Waals surface area contributed by atoms with Gasteiger partial charge in [0.25, 0.3) is 5.56 Å². The van der Waals surface area contributed by atoms with Gasteiger partial charge in [-0.3, -0.25) is 9.78 Å². The van der Waals surface area contributed by atoms with Gasteiger partial charge in [0, 0.05) is 24.4 Å². The number of nitrogens with two attached hydrogens (primary N) is 1. The van der Waals surface area contributed by atoms with E-state index in [0.717, 1.165) is 22.6 Å². The normalized spacial score (nSPS) is 15.1. The van der Waals surface area contributed by atoms with Crippen molar-refractivity contribution in [3.63, 3.8) is 0 Å². The number of pyridine rings is 1. The van der Waals surface area contributed by atoms with Gasteiger partial charge in [0.05, 0.1) is 48.7 Å². The third-order valence-electron chi connectivity index (χ3n) is 5.64. The van der Waals surface area contributed by atoms with Crippen molar-refractivity contribution >= 4 is 17.3 Å². The lowest BCUT2D eigenvalue weighted by atomic mass is 9.94. The first-order valence-electron chi connectivity index (χ1n) is 10.1. The zero-order chi connectivity index (χ0) is 22.3. The van der Waals surface area contributed by atoms with Crippen molar-refractivity contribution in [2.75, 3.05) is 11.4 Å². The zero-order valence-electron chi connectivity index (χ0n) is 17.7. The van der Waals surface area contributed by atoms with Gasteiger partial charge in [-0.1, -0.05) is 17.7 Å². The van der Waals surface area contributed by atoms with Gasteiger partial charge in [0.2, 0.25) is 0 Å². The fourth-order valence-corrected chi connectivity index (χ4v) is 4.03. The van der Waals surface area contributed by atoms with Crippen LogP contribution >= 0.6 is 11.6 Å². The average Bonchev–Trinajstić information content (AvgIpc) is 3.12. The number of nitrogens with zero attached hydrogens (tertiary/aromatic N) is 5. The molecule has 0 spiro atoms. The number of aromatic amines is 1. The van der Waals surface area contributed by atoms with Crippen LogP contribution in [0.2, 0.25) is 5.02 Å². The maximum atomic E-state index is 14.6. The van der Waals surface area contributed by atoms with E-state index in [1.54, 1.807) is 12.5 Å². The van der Waals surface area contributed by atoms with Gasteiger partial charge in [-0.15, -0.1) is 0 Å². The molecule has 1 aliphatic heterocycles. The quantitative estimate of drug-likeness (QED) is 0.625. The third kappa shape index (κ3) is 4.20. The highest BCUT2D eigenvalue weighted by atomic mass is 35.5. The predicted molar refractivity (Wildman–Crippen MR) is 117 cm³/mol. The average molecular weight is 446 g/mol. The van der Waals surface area contributed by atoms with Crippen molar-refractivity contribution in [1.82, 2.24) is 24.7 Å². The molecule has 10 heteroatoms. The topological polar surface area (TPSA) is 106 Å². The van der Waals surface area contributed by atoms with Crippen LogP contribution in [0.5, 0.6) is 0 Å². The van der Waals surface area contributed by atoms with Gasteiger partial charge in [-0.2, -0.15) is 5.10 Å². The van der Waals surface area contributed by atoms with Crippen LogP contribution in [0.3, 0.4) is 0 Å². The minimum Gasteiger partial charge on any atom is -0.362 e. The lowest BCUT2D eigenvalue weighted by molar-refractivity contribution is 0.171. The molecule has 31 heavy (non-hydrogen) atoms. The Kier molecular flexibility index (Phi) is 5.57. The molecule has 0 amide bonds. The summed E-state index contributed by atoms with van der Waals surface area (Å²) in [6.07, 6.45) is 4.05. The van der Waals surface area contributed by atoms with E-state index in [9.17, 15) is 9.18 Å². The molecule has 4 heterocycles. The van der Waals surface area contributed by atoms with Gasteiger partial charge in [0.1, 0.15) is 10.7 Å². The van der Waals surface area contributed by atoms with Gasteiger partial charge in [0.15, 0.2) is 0 Å². The maximum absolute atomic E-state index is 14.6. The fraction of sp³-hybridized carbons (Fsp3) is 0.429. The molecular formula is C21H25ClFN7O. The number of H-pyrrole nitrogens is 1. The Morgan fingerprint density at radius 2 is 2.16 bits per heavy atom. The van der Waals surface area contributed by atoms with E-state index >= 15 is 0 Å². The van der Waals surface area contributed by atoms with Crippen molar-refractivity contribution in [2.45, 2.75) is 52.0 Å². The number of halogens is 2. The number of rotatable bonds is 5. The Hall–Kier alpha value is -2.78. The van der Waals surface area contributed by atoms with Crippen molar-refractivity contribution in [1.29, 1.82) is 0 Å². The number of hydrogen-bond donors (Lipinski definition) is 2. The molecule has 164 valence electrons. The summed E-state index contributed by atoms with van der Waals surface area (Å²) in [5.41, 5.74) is 9.00. The first kappa shape index (κ1) is 21.5. The lowest BCUT2D eigenvalue weighted by Gasteiger charge is -2.29. The Balaban J connectivity index is 1.61. The first-order valence-corrected chi connectivity index (χ1v) is 10.4. The number of alkyl halides is 1. The zero-order valence-corrected chi connectivity index (χ0v) is 18.4. The molecule has 3 aromatic rings. The number of anilines is 1. The molecule has 0 aliphatic carbocycles. The van der Waals surface area contributed by atoms with E-state index in [1.807, 2.05) is 24.0 Å². The fourth-order valence-electron chi connectivity index (χ4n) is 3.82. The third-order valence-corrected chi connectivity index (χ3v) is 6.00. The summed E-state index contributed by atoms with van der Waals surface area (Å²) in [6, 6.07) is 3.03. The van der Waals surface area contributed by atoms with Crippen LogP contribution in [0.1, 0.15) is 48.2 Å². The van der Waals surface area contributed by atoms with Crippen LogP contribution in [0.15, 0.2) is 29.5 Å². The second-order valence-electron chi connectivity index (χ2n) is 8.37. The number of aryl methyl sites for hydroxylation is 1. The number of nitrogens with one attached hydrogen (secondary N) is 1. The summed E-state index contributed by atoms with van der Waals surface area (Å²) in [7, 11) is 0. The van der Waals surface area contributed by atoms with Crippen molar-refractivity contribution in [3.8, 4) is 0 Å². The van der Waals surface area contributed by atoms with Crippen molar-refractivity contribution < 1.29 is 4.39 Å². The van der Waals surface area contributed by atoms with Crippen LogP contribution in [-0.2, 0) is 19.5 Å². The first-order chi connectivity index (χ1) is 14.6. The molecule has 8 nitrogen and oxygen atoms in total. The largest absolute Gasteiger partial charge is 0.362 e. The smallest absolute Gasteiger partial charge is 0.285 e. The lowest BCUT2D eigenvalue weighted by Crippen LogP contribution is -2.34. The van der Waals surface area contributed by atoms with Crippen LogP contribution in [0.25, 0.3) is 0 Å². The second-order valence-corrected chi connectivity index (χ2v) is 8.75. The number of fused-ring (bicyclic) bond motifs is 1. The molecule has 4 rings (SSSR count). The van der Waals surface area contributed by atoms with Gasteiger partial charge in [-0.05, 0) is 32.4 Å². The number of aromatic nitrogens is 5. The monoisotopic (exact) mass is 445 g/mol.